The molecule has 4 nitrogen and oxygen atoms in total. The van der Waals surface area contributed by atoms with E-state index in [4.69, 9.17) is 0 Å². The minimum atomic E-state index is 0.0759. The predicted molar refractivity (Wildman–Crippen MR) is 86.3 cm³/mol. The molecule has 0 bridgehead atoms. The maximum Gasteiger partial charge on any atom is 0.238 e. The van der Waals surface area contributed by atoms with Gasteiger partial charge in [0.2, 0.25) is 5.91 Å². The van der Waals surface area contributed by atoms with Crippen LogP contribution in [0.1, 0.15) is 6.92 Å². The lowest BCUT2D eigenvalue weighted by Crippen LogP contribution is -2.48. The highest BCUT2D eigenvalue weighted by Gasteiger charge is 2.17. The summed E-state index contributed by atoms with van der Waals surface area (Å²) in [5.41, 5.74) is 0.879. The summed E-state index contributed by atoms with van der Waals surface area (Å²) in [5.74, 6) is 0.0759. The van der Waals surface area contributed by atoms with Crippen molar-refractivity contribution in [2.24, 2.45) is 0 Å². The van der Waals surface area contributed by atoms with Crippen molar-refractivity contribution in [2.75, 3.05) is 44.6 Å². The number of likely N-dealkylation sites (N-methyl/N-ethyl adjacent to an activating group) is 1. The molecule has 1 amide bonds. The van der Waals surface area contributed by atoms with Crippen LogP contribution >= 0.6 is 22.6 Å². The molecule has 0 radical (unpaired) electrons. The van der Waals surface area contributed by atoms with E-state index in [2.05, 4.69) is 44.6 Å². The van der Waals surface area contributed by atoms with E-state index in [1.54, 1.807) is 0 Å². The number of hydrogen-bond donors (Lipinski definition) is 1. The van der Waals surface area contributed by atoms with Crippen LogP contribution in [0, 0.1) is 3.57 Å². The monoisotopic (exact) mass is 373 g/mol. The highest BCUT2D eigenvalue weighted by molar-refractivity contribution is 14.1. The Morgan fingerprint density at radius 2 is 1.95 bits per heavy atom. The number of benzene rings is 1. The Labute approximate surface area is 128 Å². The summed E-state index contributed by atoms with van der Waals surface area (Å²) in [6.45, 7) is 7.85. The van der Waals surface area contributed by atoms with Crippen molar-refractivity contribution < 1.29 is 4.79 Å². The minimum absolute atomic E-state index is 0.0759. The molecule has 2 rings (SSSR count). The zero-order chi connectivity index (χ0) is 13.7. The van der Waals surface area contributed by atoms with Crippen LogP contribution in [0.25, 0.3) is 0 Å². The van der Waals surface area contributed by atoms with Gasteiger partial charge in [-0.1, -0.05) is 13.0 Å². The first-order chi connectivity index (χ1) is 9.17. The van der Waals surface area contributed by atoms with Crippen LogP contribution in [0.2, 0.25) is 0 Å². The number of carbonyl (C=O) groups excluding carboxylic acids is 1. The molecule has 1 N–H and O–H groups in total. The Morgan fingerprint density at radius 1 is 1.26 bits per heavy atom. The lowest BCUT2D eigenvalue weighted by atomic mass is 10.3. The number of halogens is 1. The largest absolute Gasteiger partial charge is 0.325 e. The fourth-order valence-electron chi connectivity index (χ4n) is 2.23. The van der Waals surface area contributed by atoms with Crippen molar-refractivity contribution in [3.63, 3.8) is 0 Å². The number of nitrogens with one attached hydrogen (secondary N) is 1. The van der Waals surface area contributed by atoms with Gasteiger partial charge in [0, 0.05) is 35.4 Å². The first kappa shape index (κ1) is 14.7. The Balaban J connectivity index is 1.79. The number of rotatable bonds is 4. The van der Waals surface area contributed by atoms with Crippen LogP contribution in [0.3, 0.4) is 0 Å². The summed E-state index contributed by atoms with van der Waals surface area (Å²) in [6.07, 6.45) is 0. The Bertz CT molecular complexity index is 430. The molecule has 0 spiro atoms. The van der Waals surface area contributed by atoms with E-state index in [0.29, 0.717) is 6.54 Å². The van der Waals surface area contributed by atoms with Crippen LogP contribution in [0.5, 0.6) is 0 Å². The average Bonchev–Trinajstić information content (AvgIpc) is 2.39. The zero-order valence-electron chi connectivity index (χ0n) is 11.2. The van der Waals surface area contributed by atoms with Crippen molar-refractivity contribution >= 4 is 34.2 Å². The molecule has 104 valence electrons. The number of anilines is 1. The van der Waals surface area contributed by atoms with Crippen LogP contribution in [0.15, 0.2) is 24.3 Å². The van der Waals surface area contributed by atoms with Crippen molar-refractivity contribution in [3.05, 3.63) is 27.8 Å². The molecule has 0 aliphatic carbocycles. The quantitative estimate of drug-likeness (QED) is 0.819. The second-order valence-electron chi connectivity index (χ2n) is 4.77. The summed E-state index contributed by atoms with van der Waals surface area (Å²) >= 11 is 2.25. The van der Waals surface area contributed by atoms with Gasteiger partial charge >= 0.3 is 0 Å². The standard InChI is InChI=1S/C14H20IN3O/c1-2-17-6-8-18(9-7-17)11-14(19)16-13-5-3-4-12(15)10-13/h3-5,10H,2,6-9,11H2,1H3,(H,16,19). The Hall–Kier alpha value is -0.660. The van der Waals surface area contributed by atoms with E-state index < -0.39 is 0 Å². The van der Waals surface area contributed by atoms with Crippen molar-refractivity contribution in [1.29, 1.82) is 0 Å². The van der Waals surface area contributed by atoms with E-state index in [0.717, 1.165) is 42.0 Å². The van der Waals surface area contributed by atoms with Crippen molar-refractivity contribution in [2.45, 2.75) is 6.92 Å². The predicted octanol–water partition coefficient (Wildman–Crippen LogP) is 1.87. The Morgan fingerprint density at radius 3 is 2.58 bits per heavy atom. The fourth-order valence-corrected chi connectivity index (χ4v) is 2.78. The molecule has 1 aromatic rings. The van der Waals surface area contributed by atoms with Gasteiger partial charge < -0.3 is 10.2 Å². The van der Waals surface area contributed by atoms with Gasteiger partial charge in [0.05, 0.1) is 6.54 Å². The number of amides is 1. The highest BCUT2D eigenvalue weighted by Crippen LogP contribution is 2.12. The molecular formula is C14H20IN3O. The van der Waals surface area contributed by atoms with Gasteiger partial charge in [-0.2, -0.15) is 0 Å². The topological polar surface area (TPSA) is 35.6 Å². The normalized spacial score (nSPS) is 17.4. The third kappa shape index (κ3) is 4.74. The zero-order valence-corrected chi connectivity index (χ0v) is 13.4. The van der Waals surface area contributed by atoms with E-state index in [1.165, 1.54) is 0 Å². The van der Waals surface area contributed by atoms with Crippen LogP contribution in [-0.2, 0) is 4.79 Å². The van der Waals surface area contributed by atoms with E-state index >= 15 is 0 Å². The lowest BCUT2D eigenvalue weighted by Gasteiger charge is -2.33. The van der Waals surface area contributed by atoms with E-state index in [-0.39, 0.29) is 5.91 Å². The fraction of sp³-hybridized carbons (Fsp3) is 0.500. The average molecular weight is 373 g/mol. The molecule has 5 heteroatoms. The molecule has 19 heavy (non-hydrogen) atoms. The van der Waals surface area contributed by atoms with Crippen LogP contribution in [0.4, 0.5) is 5.69 Å². The van der Waals surface area contributed by atoms with Crippen LogP contribution < -0.4 is 5.32 Å². The van der Waals surface area contributed by atoms with Gasteiger partial charge in [-0.15, -0.1) is 0 Å². The molecular weight excluding hydrogens is 353 g/mol. The minimum Gasteiger partial charge on any atom is -0.325 e. The summed E-state index contributed by atoms with van der Waals surface area (Å²) < 4.78 is 1.13. The molecule has 0 saturated carbocycles. The first-order valence-electron chi connectivity index (χ1n) is 6.67. The molecule has 0 aromatic heterocycles. The second-order valence-corrected chi connectivity index (χ2v) is 6.01. The summed E-state index contributed by atoms with van der Waals surface area (Å²) in [6, 6.07) is 7.88. The van der Waals surface area contributed by atoms with Crippen molar-refractivity contribution in [1.82, 2.24) is 9.80 Å². The van der Waals surface area contributed by atoms with Crippen LogP contribution in [-0.4, -0.2) is 55.0 Å². The first-order valence-corrected chi connectivity index (χ1v) is 7.75. The van der Waals surface area contributed by atoms with E-state index in [9.17, 15) is 4.79 Å². The summed E-state index contributed by atoms with van der Waals surface area (Å²) in [4.78, 5) is 16.6. The number of nitrogens with zero attached hydrogens (tertiary/aromatic N) is 2. The highest BCUT2D eigenvalue weighted by atomic mass is 127. The van der Waals surface area contributed by atoms with Crippen molar-refractivity contribution in [3.8, 4) is 0 Å². The molecule has 1 aromatic carbocycles. The van der Waals surface area contributed by atoms with E-state index in [1.807, 2.05) is 24.3 Å². The Kier molecular flexibility index (Phi) is 5.59. The molecule has 0 unspecified atom stereocenters. The van der Waals surface area contributed by atoms with Gasteiger partial charge in [-0.05, 0) is 47.3 Å². The summed E-state index contributed by atoms with van der Waals surface area (Å²) in [5, 5.41) is 2.96. The molecule has 1 heterocycles. The lowest BCUT2D eigenvalue weighted by molar-refractivity contribution is -0.117. The third-order valence-corrected chi connectivity index (χ3v) is 4.06. The molecule has 0 atom stereocenters. The third-order valence-electron chi connectivity index (χ3n) is 3.39. The maximum atomic E-state index is 12.0. The molecule has 1 saturated heterocycles. The SMILES string of the molecule is CCN1CCN(CC(=O)Nc2cccc(I)c2)CC1. The second kappa shape index (κ2) is 7.21. The van der Waals surface area contributed by atoms with Gasteiger partial charge in [0.1, 0.15) is 0 Å². The number of piperazine rings is 1. The smallest absolute Gasteiger partial charge is 0.238 e. The van der Waals surface area contributed by atoms with Gasteiger partial charge in [-0.25, -0.2) is 0 Å². The number of hydrogen-bond acceptors (Lipinski definition) is 3. The maximum absolute atomic E-state index is 12.0. The van der Waals surface area contributed by atoms with Gasteiger partial charge in [0.25, 0.3) is 0 Å². The molecule has 1 aliphatic rings. The summed E-state index contributed by atoms with van der Waals surface area (Å²) in [7, 11) is 0. The molecule has 1 fully saturated rings. The van der Waals surface area contributed by atoms with Gasteiger partial charge in [-0.3, -0.25) is 9.69 Å². The molecule has 1 aliphatic heterocycles. The number of carbonyl (C=O) groups is 1. The van der Waals surface area contributed by atoms with Gasteiger partial charge in [0.15, 0.2) is 0 Å².